The molecule has 0 radical (unpaired) electrons. The largest absolute Gasteiger partial charge is 0.384 e. The minimum atomic E-state index is -0.966. The van der Waals surface area contributed by atoms with E-state index >= 15 is 0 Å². The second-order valence-corrected chi connectivity index (χ2v) is 7.67. The van der Waals surface area contributed by atoms with Crippen LogP contribution in [-0.4, -0.2) is 55.3 Å². The van der Waals surface area contributed by atoms with Crippen molar-refractivity contribution in [3.63, 3.8) is 0 Å². The topological polar surface area (TPSA) is 95.0 Å². The molecule has 1 atom stereocenters. The van der Waals surface area contributed by atoms with Crippen molar-refractivity contribution in [2.24, 2.45) is 0 Å². The number of rotatable bonds is 4. The Bertz CT molecular complexity index is 984. The van der Waals surface area contributed by atoms with Gasteiger partial charge in [0.15, 0.2) is 0 Å². The highest BCUT2D eigenvalue weighted by Gasteiger charge is 2.30. The molecule has 1 aliphatic heterocycles. The first-order valence-corrected chi connectivity index (χ1v) is 10.00. The van der Waals surface area contributed by atoms with Crippen LogP contribution in [0.1, 0.15) is 31.4 Å². The fraction of sp³-hybridized carbons (Fsp3) is 0.333. The fourth-order valence-electron chi connectivity index (χ4n) is 3.82. The normalized spacial score (nSPS) is 15.5. The molecule has 3 aromatic rings. The zero-order chi connectivity index (χ0) is 20.4. The van der Waals surface area contributed by atoms with Crippen molar-refractivity contribution in [3.05, 3.63) is 53.6 Å². The lowest BCUT2D eigenvalue weighted by Gasteiger charge is -2.32. The summed E-state index contributed by atoms with van der Waals surface area (Å²) < 4.78 is 0. The van der Waals surface area contributed by atoms with Gasteiger partial charge in [0.2, 0.25) is 0 Å². The van der Waals surface area contributed by atoms with E-state index in [-0.39, 0.29) is 24.2 Å². The summed E-state index contributed by atoms with van der Waals surface area (Å²) in [6.07, 6.45) is 3.86. The summed E-state index contributed by atoms with van der Waals surface area (Å²) in [6.45, 7) is 2.72. The molecule has 0 bridgehead atoms. The van der Waals surface area contributed by atoms with Gasteiger partial charge < -0.3 is 10.0 Å². The Labute approximate surface area is 185 Å². The zero-order valence-electron chi connectivity index (χ0n) is 16.5. The lowest BCUT2D eigenvalue weighted by Crippen LogP contribution is -2.42. The van der Waals surface area contributed by atoms with Gasteiger partial charge in [-0.1, -0.05) is 23.7 Å². The van der Waals surface area contributed by atoms with Crippen molar-refractivity contribution >= 4 is 29.9 Å². The average molecular weight is 448 g/mol. The molecule has 1 saturated heterocycles. The number of likely N-dealkylation sites (tertiary alicyclic amines) is 1. The average Bonchev–Trinajstić information content (AvgIpc) is 3.19. The highest BCUT2D eigenvalue weighted by molar-refractivity contribution is 6.30. The first-order valence-electron chi connectivity index (χ1n) is 9.62. The standard InChI is InChI=1S/C21H22ClN5O2.ClH/c1-13(28)21(29)27-10-7-15(8-11-27)20-18(17-6-9-23-12-24-17)19(25-26-20)14-2-4-16(22)5-3-14;/h2-6,9,12-13,15,28H,7-8,10-11H2,1H3,(H,25,26);1H/t13-;/m1./s1. The van der Waals surface area contributed by atoms with E-state index in [0.29, 0.717) is 18.1 Å². The molecule has 1 aromatic carbocycles. The number of aromatic amines is 1. The number of piperidine rings is 1. The quantitative estimate of drug-likeness (QED) is 0.635. The maximum absolute atomic E-state index is 12.1. The third kappa shape index (κ3) is 4.48. The number of hydrogen-bond acceptors (Lipinski definition) is 5. The number of nitrogens with zero attached hydrogens (tertiary/aromatic N) is 4. The number of carbonyl (C=O) groups is 1. The van der Waals surface area contributed by atoms with E-state index in [2.05, 4.69) is 20.2 Å². The van der Waals surface area contributed by atoms with E-state index in [9.17, 15) is 9.90 Å². The summed E-state index contributed by atoms with van der Waals surface area (Å²) in [7, 11) is 0. The lowest BCUT2D eigenvalue weighted by atomic mass is 9.88. The van der Waals surface area contributed by atoms with E-state index < -0.39 is 6.10 Å². The van der Waals surface area contributed by atoms with Crippen LogP contribution < -0.4 is 0 Å². The number of amides is 1. The zero-order valence-corrected chi connectivity index (χ0v) is 18.0. The van der Waals surface area contributed by atoms with Gasteiger partial charge in [-0.3, -0.25) is 9.89 Å². The molecule has 0 spiro atoms. The number of aliphatic hydroxyl groups is 1. The van der Waals surface area contributed by atoms with Crippen LogP contribution in [0, 0.1) is 0 Å². The van der Waals surface area contributed by atoms with Crippen molar-refractivity contribution in [3.8, 4) is 22.5 Å². The highest BCUT2D eigenvalue weighted by atomic mass is 35.5. The summed E-state index contributed by atoms with van der Waals surface area (Å²) in [6, 6.07) is 9.44. The highest BCUT2D eigenvalue weighted by Crippen LogP contribution is 2.39. The van der Waals surface area contributed by atoms with Gasteiger partial charge in [-0.25, -0.2) is 9.97 Å². The van der Waals surface area contributed by atoms with E-state index in [1.807, 2.05) is 30.3 Å². The van der Waals surface area contributed by atoms with Crippen LogP contribution in [0.15, 0.2) is 42.9 Å². The predicted molar refractivity (Wildman–Crippen MR) is 118 cm³/mol. The molecule has 1 aliphatic rings. The number of carbonyl (C=O) groups excluding carboxylic acids is 1. The van der Waals surface area contributed by atoms with Crippen molar-refractivity contribution in [2.45, 2.75) is 31.8 Å². The van der Waals surface area contributed by atoms with E-state index in [4.69, 9.17) is 11.6 Å². The van der Waals surface area contributed by atoms with Gasteiger partial charge in [0.1, 0.15) is 18.1 Å². The van der Waals surface area contributed by atoms with E-state index in [1.54, 1.807) is 11.1 Å². The third-order valence-electron chi connectivity index (χ3n) is 5.32. The van der Waals surface area contributed by atoms with Gasteiger partial charge in [0, 0.05) is 47.0 Å². The monoisotopic (exact) mass is 447 g/mol. The van der Waals surface area contributed by atoms with Gasteiger partial charge in [0.05, 0.1) is 5.69 Å². The summed E-state index contributed by atoms with van der Waals surface area (Å²) in [5.74, 6) is -0.00231. The van der Waals surface area contributed by atoms with Crippen LogP contribution in [0.3, 0.4) is 0 Å². The maximum Gasteiger partial charge on any atom is 0.251 e. The number of hydrogen-bond donors (Lipinski definition) is 2. The summed E-state index contributed by atoms with van der Waals surface area (Å²) >= 11 is 6.05. The molecule has 1 amide bonds. The van der Waals surface area contributed by atoms with E-state index in [1.165, 1.54) is 13.3 Å². The Morgan fingerprint density at radius 2 is 1.93 bits per heavy atom. The summed E-state index contributed by atoms with van der Waals surface area (Å²) in [5, 5.41) is 18.1. The molecular weight excluding hydrogens is 425 g/mol. The molecular formula is C21H23Cl2N5O2. The number of nitrogens with one attached hydrogen (secondary N) is 1. The van der Waals surface area contributed by atoms with Crippen LogP contribution in [-0.2, 0) is 4.79 Å². The molecule has 2 N–H and O–H groups in total. The van der Waals surface area contributed by atoms with Crippen LogP contribution in [0.25, 0.3) is 22.5 Å². The van der Waals surface area contributed by atoms with Crippen LogP contribution in [0.2, 0.25) is 5.02 Å². The number of aliphatic hydroxyl groups excluding tert-OH is 1. The first-order chi connectivity index (χ1) is 14.0. The Morgan fingerprint density at radius 1 is 1.23 bits per heavy atom. The second kappa shape index (κ2) is 9.55. The number of H-pyrrole nitrogens is 1. The number of aromatic nitrogens is 4. The molecule has 4 rings (SSSR count). The molecule has 9 heteroatoms. The van der Waals surface area contributed by atoms with Gasteiger partial charge in [-0.05, 0) is 38.0 Å². The van der Waals surface area contributed by atoms with Gasteiger partial charge >= 0.3 is 0 Å². The maximum atomic E-state index is 12.1. The molecule has 2 aromatic heterocycles. The number of halogens is 2. The molecule has 0 aliphatic carbocycles. The Hall–Kier alpha value is -2.48. The summed E-state index contributed by atoms with van der Waals surface area (Å²) in [4.78, 5) is 22.3. The van der Waals surface area contributed by atoms with Crippen molar-refractivity contribution < 1.29 is 9.90 Å². The minimum absolute atomic E-state index is 0. The fourth-order valence-corrected chi connectivity index (χ4v) is 3.94. The third-order valence-corrected chi connectivity index (χ3v) is 5.57. The van der Waals surface area contributed by atoms with Crippen molar-refractivity contribution in [1.29, 1.82) is 0 Å². The van der Waals surface area contributed by atoms with Gasteiger partial charge in [-0.15, -0.1) is 12.4 Å². The lowest BCUT2D eigenvalue weighted by molar-refractivity contribution is -0.140. The van der Waals surface area contributed by atoms with Gasteiger partial charge in [0.25, 0.3) is 5.91 Å². The Kier molecular flexibility index (Phi) is 7.07. The predicted octanol–water partition coefficient (Wildman–Crippen LogP) is 3.70. The molecule has 0 saturated carbocycles. The molecule has 30 heavy (non-hydrogen) atoms. The van der Waals surface area contributed by atoms with Crippen LogP contribution >= 0.6 is 24.0 Å². The van der Waals surface area contributed by atoms with Gasteiger partial charge in [-0.2, -0.15) is 5.10 Å². The van der Waals surface area contributed by atoms with Crippen molar-refractivity contribution in [2.75, 3.05) is 13.1 Å². The smallest absolute Gasteiger partial charge is 0.251 e. The molecule has 0 unspecified atom stereocenters. The Morgan fingerprint density at radius 3 is 2.53 bits per heavy atom. The molecule has 7 nitrogen and oxygen atoms in total. The SMILES string of the molecule is C[C@@H](O)C(=O)N1CCC(c2[nH]nc(-c3ccc(Cl)cc3)c2-c2ccncn2)CC1.Cl. The van der Waals surface area contributed by atoms with E-state index in [0.717, 1.165) is 41.1 Å². The minimum Gasteiger partial charge on any atom is -0.384 e. The van der Waals surface area contributed by atoms with Crippen LogP contribution in [0.5, 0.6) is 0 Å². The molecule has 3 heterocycles. The van der Waals surface area contributed by atoms with Crippen molar-refractivity contribution in [1.82, 2.24) is 25.1 Å². The van der Waals surface area contributed by atoms with Crippen LogP contribution in [0.4, 0.5) is 0 Å². The summed E-state index contributed by atoms with van der Waals surface area (Å²) in [5.41, 5.74) is 4.54. The molecule has 1 fully saturated rings. The Balaban J connectivity index is 0.00000256. The molecule has 158 valence electrons. The first kappa shape index (κ1) is 22.2. The number of benzene rings is 1. The second-order valence-electron chi connectivity index (χ2n) is 7.24.